The summed E-state index contributed by atoms with van der Waals surface area (Å²) in [4.78, 5) is 24.8. The van der Waals surface area contributed by atoms with Crippen molar-refractivity contribution in [3.63, 3.8) is 0 Å². The van der Waals surface area contributed by atoms with Crippen molar-refractivity contribution >= 4 is 17.3 Å². The van der Waals surface area contributed by atoms with Crippen molar-refractivity contribution in [2.45, 2.75) is 38.0 Å². The molecule has 2 aliphatic rings. The SMILES string of the molecule is Cc1ccc2c(c1)C1(CCC(=O)c3cc(N)ccc31)CCC2=O. The minimum atomic E-state index is -0.230. The van der Waals surface area contributed by atoms with E-state index < -0.39 is 0 Å². The fourth-order valence-electron chi connectivity index (χ4n) is 4.24. The molecule has 2 aliphatic carbocycles. The van der Waals surface area contributed by atoms with Gasteiger partial charge in [0.25, 0.3) is 0 Å². The van der Waals surface area contributed by atoms with Gasteiger partial charge in [0, 0.05) is 35.1 Å². The molecule has 0 fully saturated rings. The van der Waals surface area contributed by atoms with Crippen molar-refractivity contribution in [1.29, 1.82) is 0 Å². The molecule has 0 saturated heterocycles. The van der Waals surface area contributed by atoms with E-state index in [-0.39, 0.29) is 17.0 Å². The quantitative estimate of drug-likeness (QED) is 0.753. The Morgan fingerprint density at radius 2 is 1.57 bits per heavy atom. The molecule has 3 heteroatoms. The highest BCUT2D eigenvalue weighted by Gasteiger charge is 2.45. The number of anilines is 1. The molecule has 2 N–H and O–H groups in total. The van der Waals surface area contributed by atoms with Gasteiger partial charge in [0.05, 0.1) is 0 Å². The predicted molar refractivity (Wildman–Crippen MR) is 89.9 cm³/mol. The lowest BCUT2D eigenvalue weighted by atomic mass is 9.59. The first-order chi connectivity index (χ1) is 11.0. The molecular weight excluding hydrogens is 286 g/mol. The van der Waals surface area contributed by atoms with Crippen molar-refractivity contribution in [2.24, 2.45) is 0 Å². The van der Waals surface area contributed by atoms with Gasteiger partial charge >= 0.3 is 0 Å². The Kier molecular flexibility index (Phi) is 2.95. The van der Waals surface area contributed by atoms with Crippen LogP contribution in [0.4, 0.5) is 5.69 Å². The molecule has 2 aromatic carbocycles. The Morgan fingerprint density at radius 1 is 0.870 bits per heavy atom. The fraction of sp³-hybridized carbons (Fsp3) is 0.300. The van der Waals surface area contributed by atoms with Gasteiger partial charge in [0.15, 0.2) is 11.6 Å². The highest BCUT2D eigenvalue weighted by atomic mass is 16.1. The molecule has 0 aromatic heterocycles. The van der Waals surface area contributed by atoms with Crippen LogP contribution in [0.5, 0.6) is 0 Å². The van der Waals surface area contributed by atoms with Gasteiger partial charge in [-0.05, 0) is 43.0 Å². The van der Waals surface area contributed by atoms with Crippen molar-refractivity contribution in [3.8, 4) is 0 Å². The molecular formula is C20H19NO2. The van der Waals surface area contributed by atoms with E-state index in [0.29, 0.717) is 18.5 Å². The Bertz CT molecular complexity index is 849. The maximum absolute atomic E-state index is 12.4. The Morgan fingerprint density at radius 3 is 2.30 bits per heavy atom. The number of aryl methyl sites for hydroxylation is 1. The first-order valence-corrected chi connectivity index (χ1v) is 8.09. The van der Waals surface area contributed by atoms with Crippen LogP contribution in [0, 0.1) is 6.92 Å². The largest absolute Gasteiger partial charge is 0.399 e. The monoisotopic (exact) mass is 305 g/mol. The first kappa shape index (κ1) is 14.2. The third-order valence-electron chi connectivity index (χ3n) is 5.41. The number of carbonyl (C=O) groups excluding carboxylic acids is 2. The van der Waals surface area contributed by atoms with E-state index in [1.165, 1.54) is 0 Å². The summed E-state index contributed by atoms with van der Waals surface area (Å²) in [6.45, 7) is 2.05. The zero-order valence-electron chi connectivity index (χ0n) is 13.2. The van der Waals surface area contributed by atoms with Gasteiger partial charge in [-0.3, -0.25) is 9.59 Å². The van der Waals surface area contributed by atoms with Crippen LogP contribution >= 0.6 is 0 Å². The topological polar surface area (TPSA) is 60.2 Å². The fourth-order valence-corrected chi connectivity index (χ4v) is 4.24. The van der Waals surface area contributed by atoms with E-state index in [4.69, 9.17) is 5.73 Å². The van der Waals surface area contributed by atoms with Gasteiger partial charge in [-0.1, -0.05) is 29.8 Å². The number of Topliss-reactive ketones (excluding diaryl/α,β-unsaturated/α-hetero) is 2. The summed E-state index contributed by atoms with van der Waals surface area (Å²) in [6, 6.07) is 11.7. The smallest absolute Gasteiger partial charge is 0.163 e. The third kappa shape index (κ3) is 1.96. The third-order valence-corrected chi connectivity index (χ3v) is 5.41. The summed E-state index contributed by atoms with van der Waals surface area (Å²) in [6.07, 6.45) is 2.59. The minimum absolute atomic E-state index is 0.157. The number of nitrogen functional groups attached to an aromatic ring is 1. The second-order valence-electron chi connectivity index (χ2n) is 6.78. The molecule has 4 rings (SSSR count). The molecule has 116 valence electrons. The zero-order valence-corrected chi connectivity index (χ0v) is 13.2. The van der Waals surface area contributed by atoms with Crippen molar-refractivity contribution in [1.82, 2.24) is 0 Å². The molecule has 1 unspecified atom stereocenters. The van der Waals surface area contributed by atoms with E-state index in [2.05, 4.69) is 6.07 Å². The Hall–Kier alpha value is -2.42. The number of benzene rings is 2. The van der Waals surface area contributed by atoms with Crippen LogP contribution in [-0.2, 0) is 5.41 Å². The number of ketones is 2. The maximum Gasteiger partial charge on any atom is 0.163 e. The summed E-state index contributed by atoms with van der Waals surface area (Å²) in [5, 5.41) is 0. The van der Waals surface area contributed by atoms with Gasteiger partial charge in [-0.2, -0.15) is 0 Å². The molecule has 3 nitrogen and oxygen atoms in total. The van der Waals surface area contributed by atoms with E-state index in [9.17, 15) is 9.59 Å². The molecule has 0 radical (unpaired) electrons. The predicted octanol–water partition coefficient (Wildman–Crippen LogP) is 3.82. The molecule has 0 bridgehead atoms. The summed E-state index contributed by atoms with van der Waals surface area (Å²) in [5.41, 5.74) is 11.1. The molecule has 0 saturated carbocycles. The molecule has 0 amide bonds. The van der Waals surface area contributed by atoms with Crippen LogP contribution in [0.25, 0.3) is 0 Å². The van der Waals surface area contributed by atoms with Crippen molar-refractivity contribution < 1.29 is 9.59 Å². The van der Waals surface area contributed by atoms with Gasteiger partial charge in [0.2, 0.25) is 0 Å². The van der Waals surface area contributed by atoms with Crippen LogP contribution in [-0.4, -0.2) is 11.6 Å². The van der Waals surface area contributed by atoms with Crippen LogP contribution in [0.15, 0.2) is 36.4 Å². The average molecular weight is 305 g/mol. The number of nitrogens with two attached hydrogens (primary N) is 1. The average Bonchev–Trinajstić information content (AvgIpc) is 2.54. The molecule has 0 aliphatic heterocycles. The van der Waals surface area contributed by atoms with Gasteiger partial charge in [-0.25, -0.2) is 0 Å². The lowest BCUT2D eigenvalue weighted by Crippen LogP contribution is -2.39. The standard InChI is InChI=1S/C20H19NO2/c1-12-2-4-14-17(10-12)20(8-6-18(14)22)9-7-19(23)15-11-13(21)3-5-16(15)20/h2-5,10-11H,6-9,21H2,1H3. The second kappa shape index (κ2) is 4.79. The number of rotatable bonds is 0. The maximum atomic E-state index is 12.4. The summed E-state index contributed by atoms with van der Waals surface area (Å²) < 4.78 is 0. The van der Waals surface area contributed by atoms with Gasteiger partial charge < -0.3 is 5.73 Å². The number of hydrogen-bond acceptors (Lipinski definition) is 3. The molecule has 1 spiro atoms. The van der Waals surface area contributed by atoms with Crippen LogP contribution in [0.3, 0.4) is 0 Å². The molecule has 0 heterocycles. The molecule has 2 aromatic rings. The Balaban J connectivity index is 2.02. The highest BCUT2D eigenvalue weighted by molar-refractivity contribution is 6.03. The van der Waals surface area contributed by atoms with E-state index in [1.54, 1.807) is 6.07 Å². The Labute approximate surface area is 135 Å². The second-order valence-corrected chi connectivity index (χ2v) is 6.78. The number of fused-ring (bicyclic) bond motifs is 4. The molecule has 1 atom stereocenters. The zero-order chi connectivity index (χ0) is 16.2. The summed E-state index contributed by atoms with van der Waals surface area (Å²) >= 11 is 0. The lowest BCUT2D eigenvalue weighted by Gasteiger charge is -2.43. The highest BCUT2D eigenvalue weighted by Crippen LogP contribution is 2.50. The van der Waals surface area contributed by atoms with Crippen LogP contribution in [0.1, 0.15) is 63.1 Å². The van der Waals surface area contributed by atoms with Crippen molar-refractivity contribution in [3.05, 3.63) is 64.2 Å². The molecule has 23 heavy (non-hydrogen) atoms. The lowest BCUT2D eigenvalue weighted by molar-refractivity contribution is 0.0932. The van der Waals surface area contributed by atoms with Gasteiger partial charge in [0.1, 0.15) is 0 Å². The first-order valence-electron chi connectivity index (χ1n) is 8.09. The minimum Gasteiger partial charge on any atom is -0.399 e. The number of hydrogen-bond donors (Lipinski definition) is 1. The van der Waals surface area contributed by atoms with Crippen LogP contribution in [0.2, 0.25) is 0 Å². The van der Waals surface area contributed by atoms with Crippen LogP contribution < -0.4 is 5.73 Å². The van der Waals surface area contributed by atoms with Gasteiger partial charge in [-0.15, -0.1) is 0 Å². The summed E-state index contributed by atoms with van der Waals surface area (Å²) in [7, 11) is 0. The normalized spacial score (nSPS) is 22.8. The number of carbonyl (C=O) groups is 2. The van der Waals surface area contributed by atoms with Crippen molar-refractivity contribution in [2.75, 3.05) is 5.73 Å². The van der Waals surface area contributed by atoms with E-state index >= 15 is 0 Å². The van der Waals surface area contributed by atoms with E-state index in [0.717, 1.165) is 40.7 Å². The van der Waals surface area contributed by atoms with E-state index in [1.807, 2.05) is 31.2 Å². The summed E-state index contributed by atoms with van der Waals surface area (Å²) in [5.74, 6) is 0.364.